The van der Waals surface area contributed by atoms with E-state index in [0.29, 0.717) is 11.5 Å². The fourth-order valence-electron chi connectivity index (χ4n) is 4.22. The molecule has 2 rings (SSSR count). The van der Waals surface area contributed by atoms with Crippen LogP contribution in [0.1, 0.15) is 75.6 Å². The fraction of sp³-hybridized carbons (Fsp3) is 0.500. The Morgan fingerprint density at radius 3 is 2.03 bits per heavy atom. The van der Waals surface area contributed by atoms with E-state index in [0.717, 1.165) is 36.8 Å². The Labute approximate surface area is 181 Å². The van der Waals surface area contributed by atoms with Crippen LogP contribution in [-0.2, 0) is 14.9 Å². The van der Waals surface area contributed by atoms with Crippen molar-refractivity contribution in [3.63, 3.8) is 0 Å². The lowest BCUT2D eigenvalue weighted by molar-refractivity contribution is -0.149. The molecule has 0 saturated carbocycles. The first kappa shape index (κ1) is 23.8. The molecule has 164 valence electrons. The van der Waals surface area contributed by atoms with Crippen LogP contribution in [0.3, 0.4) is 0 Å². The van der Waals surface area contributed by atoms with Gasteiger partial charge in [0.15, 0.2) is 6.61 Å². The molecule has 4 heteroatoms. The molecule has 0 amide bonds. The minimum Gasteiger partial charge on any atom is -0.508 e. The monoisotopic (exact) mass is 412 g/mol. The van der Waals surface area contributed by atoms with Gasteiger partial charge in [0.1, 0.15) is 11.5 Å². The van der Waals surface area contributed by atoms with Gasteiger partial charge >= 0.3 is 5.97 Å². The van der Waals surface area contributed by atoms with E-state index < -0.39 is 0 Å². The van der Waals surface area contributed by atoms with Crippen LogP contribution < -0.4 is 4.74 Å². The summed E-state index contributed by atoms with van der Waals surface area (Å²) >= 11 is 0. The lowest BCUT2D eigenvalue weighted by atomic mass is 9.68. The van der Waals surface area contributed by atoms with Crippen molar-refractivity contribution in [3.8, 4) is 11.5 Å². The SMILES string of the molecule is CCCC(CCC)(c1ccc(O)c(C)c1)c1ccc(OCC(=O)OC(C)C)c(C)c1. The first-order valence-electron chi connectivity index (χ1n) is 11.0. The first-order valence-corrected chi connectivity index (χ1v) is 11.0. The van der Waals surface area contributed by atoms with E-state index in [9.17, 15) is 9.90 Å². The number of carbonyl (C=O) groups is 1. The number of hydrogen-bond acceptors (Lipinski definition) is 4. The van der Waals surface area contributed by atoms with Gasteiger partial charge in [0.05, 0.1) is 6.10 Å². The number of hydrogen-bond donors (Lipinski definition) is 1. The minimum atomic E-state index is -0.362. The number of rotatable bonds is 10. The van der Waals surface area contributed by atoms with Crippen LogP contribution in [-0.4, -0.2) is 23.8 Å². The van der Waals surface area contributed by atoms with Crippen molar-refractivity contribution in [2.45, 2.75) is 78.7 Å². The van der Waals surface area contributed by atoms with Crippen molar-refractivity contribution in [1.29, 1.82) is 0 Å². The van der Waals surface area contributed by atoms with Crippen LogP contribution in [0.2, 0.25) is 0 Å². The van der Waals surface area contributed by atoms with E-state index in [1.807, 2.05) is 33.8 Å². The average Bonchev–Trinajstić information content (AvgIpc) is 2.68. The number of phenolic OH excluding ortho intramolecular Hbond substituents is 1. The van der Waals surface area contributed by atoms with Crippen LogP contribution in [0.5, 0.6) is 11.5 Å². The van der Waals surface area contributed by atoms with Crippen LogP contribution in [0.25, 0.3) is 0 Å². The average molecular weight is 413 g/mol. The second kappa shape index (κ2) is 10.5. The molecule has 0 radical (unpaired) electrons. The molecule has 0 aliphatic carbocycles. The zero-order chi connectivity index (χ0) is 22.3. The van der Waals surface area contributed by atoms with Crippen molar-refractivity contribution < 1.29 is 19.4 Å². The summed E-state index contributed by atoms with van der Waals surface area (Å²) in [5.41, 5.74) is 4.24. The second-order valence-electron chi connectivity index (χ2n) is 8.39. The number of esters is 1. The van der Waals surface area contributed by atoms with Crippen molar-refractivity contribution in [1.82, 2.24) is 0 Å². The van der Waals surface area contributed by atoms with E-state index >= 15 is 0 Å². The van der Waals surface area contributed by atoms with Gasteiger partial charge in [0.2, 0.25) is 0 Å². The van der Waals surface area contributed by atoms with Gasteiger partial charge in [-0.05, 0) is 74.9 Å². The third-order valence-electron chi connectivity index (χ3n) is 5.54. The molecule has 4 nitrogen and oxygen atoms in total. The second-order valence-corrected chi connectivity index (χ2v) is 8.39. The zero-order valence-corrected chi connectivity index (χ0v) is 19.2. The molecule has 2 aromatic carbocycles. The van der Waals surface area contributed by atoms with E-state index in [1.165, 1.54) is 11.1 Å². The lowest BCUT2D eigenvalue weighted by Crippen LogP contribution is -2.28. The third kappa shape index (κ3) is 5.56. The molecule has 30 heavy (non-hydrogen) atoms. The highest BCUT2D eigenvalue weighted by Gasteiger charge is 2.33. The molecule has 0 atom stereocenters. The molecule has 0 fully saturated rings. The maximum absolute atomic E-state index is 11.8. The predicted octanol–water partition coefficient (Wildman–Crippen LogP) is 6.23. The van der Waals surface area contributed by atoms with Gasteiger partial charge in [-0.2, -0.15) is 0 Å². The number of carbonyl (C=O) groups excluding carboxylic acids is 1. The van der Waals surface area contributed by atoms with E-state index in [4.69, 9.17) is 9.47 Å². The van der Waals surface area contributed by atoms with Gasteiger partial charge < -0.3 is 14.6 Å². The van der Waals surface area contributed by atoms with Gasteiger partial charge in [-0.15, -0.1) is 0 Å². The van der Waals surface area contributed by atoms with Crippen molar-refractivity contribution in [2.24, 2.45) is 0 Å². The van der Waals surface area contributed by atoms with Gasteiger partial charge in [-0.1, -0.05) is 51.0 Å². The van der Waals surface area contributed by atoms with E-state index in [2.05, 4.69) is 38.1 Å². The number of ether oxygens (including phenoxy) is 2. The smallest absolute Gasteiger partial charge is 0.344 e. The highest BCUT2D eigenvalue weighted by molar-refractivity contribution is 5.71. The van der Waals surface area contributed by atoms with Crippen LogP contribution in [0.4, 0.5) is 0 Å². The maximum Gasteiger partial charge on any atom is 0.344 e. The number of phenols is 1. The Bertz CT molecular complexity index is 848. The summed E-state index contributed by atoms with van der Waals surface area (Å²) in [4.78, 5) is 11.8. The van der Waals surface area contributed by atoms with Gasteiger partial charge in [-0.3, -0.25) is 0 Å². The van der Waals surface area contributed by atoms with Gasteiger partial charge in [0.25, 0.3) is 0 Å². The normalized spacial score (nSPS) is 11.6. The summed E-state index contributed by atoms with van der Waals surface area (Å²) < 4.78 is 10.9. The Kier molecular flexibility index (Phi) is 8.33. The molecule has 1 N–H and O–H groups in total. The molecule has 0 unspecified atom stereocenters. The third-order valence-corrected chi connectivity index (χ3v) is 5.54. The molecule has 0 aliphatic rings. The number of benzene rings is 2. The summed E-state index contributed by atoms with van der Waals surface area (Å²) in [7, 11) is 0. The Morgan fingerprint density at radius 1 is 0.967 bits per heavy atom. The summed E-state index contributed by atoms with van der Waals surface area (Å²) in [6.45, 7) is 11.9. The Balaban J connectivity index is 2.40. The molecule has 0 saturated heterocycles. The Morgan fingerprint density at radius 2 is 1.53 bits per heavy atom. The molecular weight excluding hydrogens is 376 g/mol. The molecule has 2 aromatic rings. The minimum absolute atomic E-state index is 0.0927. The topological polar surface area (TPSA) is 55.8 Å². The fourth-order valence-corrected chi connectivity index (χ4v) is 4.22. The number of aryl methyl sites for hydroxylation is 2. The van der Waals surface area contributed by atoms with Crippen molar-refractivity contribution in [2.75, 3.05) is 6.61 Å². The molecule has 0 aliphatic heterocycles. The lowest BCUT2D eigenvalue weighted by Gasteiger charge is -2.36. The molecular formula is C26H36O4. The van der Waals surface area contributed by atoms with Crippen LogP contribution >= 0.6 is 0 Å². The van der Waals surface area contributed by atoms with E-state index in [1.54, 1.807) is 6.07 Å². The molecule has 0 heterocycles. The molecule has 0 bridgehead atoms. The van der Waals surface area contributed by atoms with Crippen LogP contribution in [0.15, 0.2) is 36.4 Å². The zero-order valence-electron chi connectivity index (χ0n) is 19.2. The highest BCUT2D eigenvalue weighted by atomic mass is 16.6. The molecule has 0 spiro atoms. The number of aromatic hydroxyl groups is 1. The van der Waals surface area contributed by atoms with Crippen molar-refractivity contribution in [3.05, 3.63) is 58.7 Å². The summed E-state index contributed by atoms with van der Waals surface area (Å²) in [6, 6.07) is 12.2. The van der Waals surface area contributed by atoms with Crippen molar-refractivity contribution >= 4 is 5.97 Å². The van der Waals surface area contributed by atoms with Gasteiger partial charge in [0, 0.05) is 5.41 Å². The van der Waals surface area contributed by atoms with E-state index in [-0.39, 0.29) is 24.1 Å². The summed E-state index contributed by atoms with van der Waals surface area (Å²) in [6.07, 6.45) is 4.00. The summed E-state index contributed by atoms with van der Waals surface area (Å²) in [5.74, 6) is 0.663. The van der Waals surface area contributed by atoms with Gasteiger partial charge in [-0.25, -0.2) is 4.79 Å². The maximum atomic E-state index is 11.8. The summed E-state index contributed by atoms with van der Waals surface area (Å²) in [5, 5.41) is 10.0. The first-order chi connectivity index (χ1) is 14.2. The predicted molar refractivity (Wildman–Crippen MR) is 121 cm³/mol. The standard InChI is InChI=1S/C26H36O4/c1-7-13-26(14-8-2,21-9-11-23(27)19(5)15-21)22-10-12-24(20(6)16-22)29-17-25(28)30-18(3)4/h9-12,15-16,18,27H,7-8,13-14,17H2,1-6H3. The highest BCUT2D eigenvalue weighted by Crippen LogP contribution is 2.43. The molecule has 0 aromatic heterocycles. The largest absolute Gasteiger partial charge is 0.508 e. The Hall–Kier alpha value is -2.49. The van der Waals surface area contributed by atoms with Crippen LogP contribution in [0, 0.1) is 13.8 Å². The quantitative estimate of drug-likeness (QED) is 0.470.